The van der Waals surface area contributed by atoms with E-state index in [9.17, 15) is 0 Å². The lowest BCUT2D eigenvalue weighted by Crippen LogP contribution is -2.32. The van der Waals surface area contributed by atoms with Crippen LogP contribution in [0.3, 0.4) is 0 Å². The van der Waals surface area contributed by atoms with Gasteiger partial charge in [0.05, 0.1) is 0 Å². The molecule has 0 fully saturated rings. The topological polar surface area (TPSA) is 3.24 Å². The summed E-state index contributed by atoms with van der Waals surface area (Å²) in [4.78, 5) is 2.37. The lowest BCUT2D eigenvalue weighted by molar-refractivity contribution is 0.226. The Morgan fingerprint density at radius 3 is 2.33 bits per heavy atom. The molecule has 1 nitrogen and oxygen atoms in total. The summed E-state index contributed by atoms with van der Waals surface area (Å²) in [5, 5.41) is 0. The molecule has 0 unspecified atom stereocenters. The Labute approximate surface area is 106 Å². The fourth-order valence-electron chi connectivity index (χ4n) is 1.45. The van der Waals surface area contributed by atoms with Crippen LogP contribution in [0.1, 0.15) is 19.4 Å². The molecule has 0 saturated carbocycles. The Hall–Kier alpha value is -0.0500. The minimum absolute atomic E-state index is 0.535. The van der Waals surface area contributed by atoms with Crippen LogP contribution in [0.2, 0.25) is 0 Å². The third-order valence-electron chi connectivity index (χ3n) is 2.40. The molecule has 0 N–H and O–H groups in total. The second-order valence-electron chi connectivity index (χ2n) is 3.88. The van der Waals surface area contributed by atoms with Crippen LogP contribution in [-0.2, 0) is 6.54 Å². The van der Waals surface area contributed by atoms with E-state index in [-0.39, 0.29) is 0 Å². The van der Waals surface area contributed by atoms with Gasteiger partial charge in [-0.2, -0.15) is 0 Å². The zero-order valence-corrected chi connectivity index (χ0v) is 11.6. The van der Waals surface area contributed by atoms with Crippen molar-refractivity contribution in [3.8, 4) is 0 Å². The van der Waals surface area contributed by atoms with Crippen molar-refractivity contribution in [2.45, 2.75) is 26.4 Å². The normalized spacial score (nSPS) is 11.3. The number of hydrogen-bond acceptors (Lipinski definition) is 1. The molecule has 15 heavy (non-hydrogen) atoms. The van der Waals surface area contributed by atoms with E-state index >= 15 is 0 Å². The number of alkyl halides is 1. The zero-order valence-electron chi connectivity index (χ0n) is 9.21. The van der Waals surface area contributed by atoms with E-state index < -0.39 is 0 Å². The quantitative estimate of drug-likeness (QED) is 0.744. The molecule has 0 spiro atoms. The van der Waals surface area contributed by atoms with Crippen LogP contribution in [0.15, 0.2) is 28.7 Å². The highest BCUT2D eigenvalue weighted by atomic mass is 79.9. The molecule has 0 aliphatic heterocycles. The summed E-state index contributed by atoms with van der Waals surface area (Å²) in [6.45, 7) is 6.31. The molecule has 0 aromatic heterocycles. The standard InChI is InChI=1S/C12H17BrClN/c1-10(2)15(8-7-14)9-11-3-5-12(13)6-4-11/h3-6,10H,7-9H2,1-2H3. The average Bonchev–Trinajstić information content (AvgIpc) is 2.20. The average molecular weight is 291 g/mol. The first-order valence-electron chi connectivity index (χ1n) is 5.18. The molecule has 0 radical (unpaired) electrons. The van der Waals surface area contributed by atoms with Crippen molar-refractivity contribution in [1.29, 1.82) is 0 Å². The van der Waals surface area contributed by atoms with Gasteiger partial charge in [-0.3, -0.25) is 4.90 Å². The van der Waals surface area contributed by atoms with Crippen LogP contribution in [0.25, 0.3) is 0 Å². The molecule has 3 heteroatoms. The van der Waals surface area contributed by atoms with Crippen LogP contribution in [-0.4, -0.2) is 23.4 Å². The maximum atomic E-state index is 5.78. The van der Waals surface area contributed by atoms with E-state index in [1.54, 1.807) is 0 Å². The van der Waals surface area contributed by atoms with E-state index in [1.807, 2.05) is 0 Å². The van der Waals surface area contributed by atoms with Gasteiger partial charge in [-0.1, -0.05) is 28.1 Å². The minimum Gasteiger partial charge on any atom is -0.296 e. The number of nitrogens with zero attached hydrogens (tertiary/aromatic N) is 1. The summed E-state index contributed by atoms with van der Waals surface area (Å²) < 4.78 is 1.12. The summed E-state index contributed by atoms with van der Waals surface area (Å²) in [6.07, 6.45) is 0. The molecule has 1 aromatic carbocycles. The van der Waals surface area contributed by atoms with E-state index in [2.05, 4.69) is 58.9 Å². The van der Waals surface area contributed by atoms with Crippen LogP contribution in [0, 0.1) is 0 Å². The lowest BCUT2D eigenvalue weighted by Gasteiger charge is -2.25. The van der Waals surface area contributed by atoms with Crippen molar-refractivity contribution < 1.29 is 0 Å². The van der Waals surface area contributed by atoms with Crippen molar-refractivity contribution >= 4 is 27.5 Å². The monoisotopic (exact) mass is 289 g/mol. The van der Waals surface area contributed by atoms with Gasteiger partial charge >= 0.3 is 0 Å². The Balaban J connectivity index is 2.61. The van der Waals surface area contributed by atoms with Crippen molar-refractivity contribution in [1.82, 2.24) is 4.90 Å². The third kappa shape index (κ3) is 4.54. The molecule has 0 amide bonds. The van der Waals surface area contributed by atoms with E-state index in [4.69, 9.17) is 11.6 Å². The highest BCUT2D eigenvalue weighted by Crippen LogP contribution is 2.13. The highest BCUT2D eigenvalue weighted by Gasteiger charge is 2.08. The Morgan fingerprint density at radius 1 is 1.27 bits per heavy atom. The Morgan fingerprint density at radius 2 is 1.87 bits per heavy atom. The van der Waals surface area contributed by atoms with Crippen LogP contribution >= 0.6 is 27.5 Å². The summed E-state index contributed by atoms with van der Waals surface area (Å²) >= 11 is 9.22. The molecule has 0 bridgehead atoms. The molecule has 1 aromatic rings. The predicted octanol–water partition coefficient (Wildman–Crippen LogP) is 3.90. The van der Waals surface area contributed by atoms with E-state index in [0.29, 0.717) is 11.9 Å². The largest absolute Gasteiger partial charge is 0.296 e. The number of rotatable bonds is 5. The fraction of sp³-hybridized carbons (Fsp3) is 0.500. The number of hydrogen-bond donors (Lipinski definition) is 0. The summed E-state index contributed by atoms with van der Waals surface area (Å²) in [5.41, 5.74) is 1.33. The van der Waals surface area contributed by atoms with Gasteiger partial charge in [-0.05, 0) is 31.5 Å². The minimum atomic E-state index is 0.535. The van der Waals surface area contributed by atoms with Crippen LogP contribution in [0.5, 0.6) is 0 Å². The fourth-order valence-corrected chi connectivity index (χ4v) is 1.93. The first kappa shape index (κ1) is 13.0. The molecule has 0 heterocycles. The first-order valence-corrected chi connectivity index (χ1v) is 6.50. The second-order valence-corrected chi connectivity index (χ2v) is 5.17. The molecule has 0 aliphatic rings. The summed E-state index contributed by atoms with van der Waals surface area (Å²) in [6, 6.07) is 8.98. The van der Waals surface area contributed by atoms with Gasteiger partial charge in [0.1, 0.15) is 0 Å². The highest BCUT2D eigenvalue weighted by molar-refractivity contribution is 9.10. The molecule has 0 aliphatic carbocycles. The van der Waals surface area contributed by atoms with Crippen LogP contribution in [0.4, 0.5) is 0 Å². The van der Waals surface area contributed by atoms with Gasteiger partial charge in [0.25, 0.3) is 0 Å². The maximum Gasteiger partial charge on any atom is 0.0351 e. The summed E-state index contributed by atoms with van der Waals surface area (Å²) in [5.74, 6) is 0.689. The van der Waals surface area contributed by atoms with E-state index in [0.717, 1.165) is 17.6 Å². The molecular weight excluding hydrogens is 273 g/mol. The molecule has 1 rings (SSSR count). The Bertz CT molecular complexity index is 284. The second kappa shape index (κ2) is 6.51. The summed E-state index contributed by atoms with van der Waals surface area (Å²) in [7, 11) is 0. The van der Waals surface area contributed by atoms with Gasteiger partial charge in [0, 0.05) is 29.5 Å². The predicted molar refractivity (Wildman–Crippen MR) is 70.4 cm³/mol. The molecule has 84 valence electrons. The zero-order chi connectivity index (χ0) is 11.3. The molecule has 0 atom stereocenters. The van der Waals surface area contributed by atoms with Crippen molar-refractivity contribution in [3.05, 3.63) is 34.3 Å². The lowest BCUT2D eigenvalue weighted by atomic mass is 10.2. The van der Waals surface area contributed by atoms with Gasteiger partial charge < -0.3 is 0 Å². The van der Waals surface area contributed by atoms with Gasteiger partial charge in [-0.25, -0.2) is 0 Å². The van der Waals surface area contributed by atoms with Gasteiger partial charge in [-0.15, -0.1) is 11.6 Å². The smallest absolute Gasteiger partial charge is 0.0351 e. The SMILES string of the molecule is CC(C)N(CCCl)Cc1ccc(Br)cc1. The van der Waals surface area contributed by atoms with Crippen molar-refractivity contribution in [2.24, 2.45) is 0 Å². The first-order chi connectivity index (χ1) is 7.13. The van der Waals surface area contributed by atoms with Gasteiger partial charge in [0.15, 0.2) is 0 Å². The maximum absolute atomic E-state index is 5.78. The number of benzene rings is 1. The third-order valence-corrected chi connectivity index (χ3v) is 3.10. The van der Waals surface area contributed by atoms with Gasteiger partial charge in [0.2, 0.25) is 0 Å². The molecular formula is C12H17BrClN. The van der Waals surface area contributed by atoms with Crippen molar-refractivity contribution in [3.63, 3.8) is 0 Å². The van der Waals surface area contributed by atoms with E-state index in [1.165, 1.54) is 5.56 Å². The Kier molecular flexibility index (Phi) is 5.65. The molecule has 0 saturated heterocycles. The van der Waals surface area contributed by atoms with Crippen molar-refractivity contribution in [2.75, 3.05) is 12.4 Å². The van der Waals surface area contributed by atoms with Crippen LogP contribution < -0.4 is 0 Å². The number of halogens is 2.